The molecule has 8 fully saturated rings. The maximum atomic E-state index is 12.8. The predicted molar refractivity (Wildman–Crippen MR) is 164 cm³/mol. The number of alkyl halides is 8. The molecule has 17 heteroatoms. The number of aliphatic hydroxyl groups is 1. The van der Waals surface area contributed by atoms with Gasteiger partial charge in [-0.25, -0.2) is 0 Å². The fourth-order valence-corrected chi connectivity index (χ4v) is 10.4. The zero-order chi connectivity index (χ0) is 35.4. The minimum atomic E-state index is -4.23. The molecule has 0 radical (unpaired) electrons. The highest BCUT2D eigenvalue weighted by molar-refractivity contribution is 9.10. The summed E-state index contributed by atoms with van der Waals surface area (Å²) in [6.07, 6.45) is 6.49. The SMILES string of the molecule is C.O=C(O)C12CC3CC(C1)CC(C(=O)O)(C3)C2.O=C(O)C12CC3CC(C1)CC(C(=O)OCC(F)(F)Br)(C3)C2.OCCC(F)(F)C(F)(F)Br. The van der Waals surface area contributed by atoms with Crippen molar-refractivity contribution >= 4 is 55.7 Å². The van der Waals surface area contributed by atoms with E-state index in [0.29, 0.717) is 69.6 Å². The summed E-state index contributed by atoms with van der Waals surface area (Å²) in [5.74, 6) is -6.19. The molecule has 276 valence electrons. The molecule has 9 nitrogen and oxygen atoms in total. The van der Waals surface area contributed by atoms with Gasteiger partial charge < -0.3 is 25.2 Å². The zero-order valence-electron chi connectivity index (χ0n) is 25.3. The minimum absolute atomic E-state index is 0. The van der Waals surface area contributed by atoms with Crippen LogP contribution in [0.1, 0.15) is 90.9 Å². The summed E-state index contributed by atoms with van der Waals surface area (Å²) in [7, 11) is 0. The zero-order valence-corrected chi connectivity index (χ0v) is 28.4. The van der Waals surface area contributed by atoms with Gasteiger partial charge in [0.25, 0.3) is 0 Å². The Labute approximate surface area is 290 Å². The van der Waals surface area contributed by atoms with Gasteiger partial charge in [-0.2, -0.15) is 26.3 Å². The molecule has 8 aliphatic carbocycles. The number of rotatable bonds is 9. The van der Waals surface area contributed by atoms with E-state index in [0.717, 1.165) is 12.8 Å². The number of aliphatic hydroxyl groups excluding tert-OH is 1. The predicted octanol–water partition coefficient (Wildman–Crippen LogP) is 7.56. The first-order chi connectivity index (χ1) is 21.4. The number of aliphatic carboxylic acids is 3. The van der Waals surface area contributed by atoms with Crippen LogP contribution in [-0.4, -0.2) is 73.1 Å². The third-order valence-electron chi connectivity index (χ3n) is 11.1. The highest BCUT2D eigenvalue weighted by Gasteiger charge is 2.65. The minimum Gasteiger partial charge on any atom is -0.481 e. The molecule has 8 aliphatic rings. The lowest BCUT2D eigenvalue weighted by atomic mass is 9.44. The molecule has 48 heavy (non-hydrogen) atoms. The van der Waals surface area contributed by atoms with Crippen molar-refractivity contribution in [1.82, 2.24) is 0 Å². The summed E-state index contributed by atoms with van der Waals surface area (Å²) in [6.45, 7) is -1.98. The second-order valence-electron chi connectivity index (χ2n) is 14.8. The van der Waals surface area contributed by atoms with E-state index in [-0.39, 0.29) is 25.7 Å². The first-order valence-corrected chi connectivity index (χ1v) is 17.0. The van der Waals surface area contributed by atoms with E-state index in [2.05, 4.69) is 15.9 Å². The van der Waals surface area contributed by atoms with E-state index >= 15 is 0 Å². The Hall–Kier alpha value is -1.62. The molecular weight excluding hydrogens is 790 g/mol. The molecule has 0 saturated heterocycles. The molecule has 0 aromatic heterocycles. The molecule has 0 aromatic carbocycles. The molecule has 0 aliphatic heterocycles. The standard InChI is InChI=1S/C14H17BrF2O4.C12H16O4.C4H5BrF4O.CH4/c15-14(16,17)7-21-11(20)13-4-8-1-9(5-13)3-12(2-8,6-13)10(18)19;13-9(14)11-2-7-1-8(4-11)5-12(3-7,6-11)10(15)16;5-4(8,9)3(6,7)1-2-10;/h8-9H,1-7H2,(H,18,19);7-8H,1-6H2,(H,13,14)(H,15,16);10H,1-2H2;1H4. The Morgan fingerprint density at radius 2 is 0.958 bits per heavy atom. The van der Waals surface area contributed by atoms with Crippen LogP contribution in [0.5, 0.6) is 0 Å². The van der Waals surface area contributed by atoms with Crippen LogP contribution >= 0.6 is 31.9 Å². The maximum Gasteiger partial charge on any atom is 0.363 e. The molecule has 0 aromatic rings. The van der Waals surface area contributed by atoms with Crippen molar-refractivity contribution in [3.63, 3.8) is 0 Å². The van der Waals surface area contributed by atoms with Crippen molar-refractivity contribution in [3.8, 4) is 0 Å². The molecule has 0 spiro atoms. The van der Waals surface area contributed by atoms with Crippen LogP contribution < -0.4 is 0 Å². The van der Waals surface area contributed by atoms with E-state index < -0.39 is 80.8 Å². The van der Waals surface area contributed by atoms with Crippen molar-refractivity contribution in [1.29, 1.82) is 0 Å². The van der Waals surface area contributed by atoms with Gasteiger partial charge in [-0.15, -0.1) is 0 Å². The summed E-state index contributed by atoms with van der Waals surface area (Å²) in [5, 5.41) is 36.2. The highest BCUT2D eigenvalue weighted by atomic mass is 79.9. The number of ether oxygens (including phenoxy) is 1. The number of carbonyl (C=O) groups is 4. The number of carboxylic acids is 3. The van der Waals surface area contributed by atoms with Gasteiger partial charge in [0.1, 0.15) is 0 Å². The van der Waals surface area contributed by atoms with Crippen LogP contribution in [0.25, 0.3) is 0 Å². The van der Waals surface area contributed by atoms with Gasteiger partial charge in [-0.3, -0.25) is 19.2 Å². The fourth-order valence-electron chi connectivity index (χ4n) is 10.1. The second-order valence-corrected chi connectivity index (χ2v) is 17.0. The number of hydrogen-bond acceptors (Lipinski definition) is 6. The van der Waals surface area contributed by atoms with Crippen LogP contribution in [0.3, 0.4) is 0 Å². The lowest BCUT2D eigenvalue weighted by Crippen LogP contribution is -2.58. The maximum absolute atomic E-state index is 12.8. The number of hydrogen-bond donors (Lipinski definition) is 4. The van der Waals surface area contributed by atoms with Gasteiger partial charge in [0.15, 0.2) is 6.61 Å². The first kappa shape index (κ1) is 40.8. The average Bonchev–Trinajstić information content (AvgIpc) is 2.90. The van der Waals surface area contributed by atoms with Crippen LogP contribution in [-0.2, 0) is 23.9 Å². The van der Waals surface area contributed by atoms with E-state index in [1.54, 1.807) is 0 Å². The third kappa shape index (κ3) is 8.13. The fraction of sp³-hybridized carbons (Fsp3) is 0.871. The van der Waals surface area contributed by atoms with Crippen molar-refractivity contribution in [2.24, 2.45) is 45.3 Å². The second kappa shape index (κ2) is 13.8. The molecular formula is C31H42Br2F6O9. The van der Waals surface area contributed by atoms with Crippen LogP contribution in [0, 0.1) is 45.3 Å². The van der Waals surface area contributed by atoms with Crippen LogP contribution in [0.4, 0.5) is 26.3 Å². The molecule has 2 atom stereocenters. The Kier molecular flexibility index (Phi) is 11.8. The number of halogens is 8. The summed E-state index contributed by atoms with van der Waals surface area (Å²) < 4.78 is 77.8. The van der Waals surface area contributed by atoms with E-state index in [9.17, 15) is 60.8 Å². The van der Waals surface area contributed by atoms with Gasteiger partial charge in [0, 0.05) is 13.0 Å². The summed E-state index contributed by atoms with van der Waals surface area (Å²) in [5.41, 5.74) is -3.17. The van der Waals surface area contributed by atoms with Gasteiger partial charge in [-0.05, 0) is 133 Å². The van der Waals surface area contributed by atoms with Gasteiger partial charge in [0.05, 0.1) is 21.7 Å². The largest absolute Gasteiger partial charge is 0.481 e. The summed E-state index contributed by atoms with van der Waals surface area (Å²) in [4.78, 5) is 39.4. The Bertz CT molecular complexity index is 1190. The molecule has 0 heterocycles. The molecule has 8 saturated carbocycles. The van der Waals surface area contributed by atoms with Gasteiger partial charge in [-0.1, -0.05) is 7.43 Å². The topological polar surface area (TPSA) is 158 Å². The van der Waals surface area contributed by atoms with Crippen molar-refractivity contribution in [2.45, 2.75) is 106 Å². The Morgan fingerprint density at radius 3 is 1.21 bits per heavy atom. The normalized spacial score (nSPS) is 37.3. The van der Waals surface area contributed by atoms with E-state index in [4.69, 9.17) is 9.84 Å². The first-order valence-electron chi connectivity index (χ1n) is 15.4. The van der Waals surface area contributed by atoms with Crippen molar-refractivity contribution in [3.05, 3.63) is 0 Å². The smallest absolute Gasteiger partial charge is 0.363 e. The molecule has 8 rings (SSSR count). The molecule has 0 amide bonds. The lowest BCUT2D eigenvalue weighted by Gasteiger charge is -2.59. The van der Waals surface area contributed by atoms with E-state index in [1.165, 1.54) is 15.9 Å². The summed E-state index contributed by atoms with van der Waals surface area (Å²) in [6, 6.07) is 0. The van der Waals surface area contributed by atoms with Crippen molar-refractivity contribution in [2.75, 3.05) is 13.2 Å². The molecule has 4 N–H and O–H groups in total. The van der Waals surface area contributed by atoms with E-state index in [1.807, 2.05) is 0 Å². The third-order valence-corrected chi connectivity index (χ3v) is 11.9. The van der Waals surface area contributed by atoms with Crippen molar-refractivity contribution < 1.29 is 70.7 Å². The van der Waals surface area contributed by atoms with Gasteiger partial charge >= 0.3 is 39.5 Å². The Balaban J connectivity index is 0.000000206. The average molecular weight is 832 g/mol. The number of esters is 1. The van der Waals surface area contributed by atoms with Crippen LogP contribution in [0.15, 0.2) is 0 Å². The Morgan fingerprint density at radius 1 is 0.646 bits per heavy atom. The number of carbonyl (C=O) groups excluding carboxylic acids is 1. The molecule has 2 unspecified atom stereocenters. The monoisotopic (exact) mass is 830 g/mol. The quantitative estimate of drug-likeness (QED) is 0.105. The summed E-state index contributed by atoms with van der Waals surface area (Å²) >= 11 is 3.65. The molecule has 8 bridgehead atoms. The lowest BCUT2D eigenvalue weighted by molar-refractivity contribution is -0.193. The van der Waals surface area contributed by atoms with Gasteiger partial charge in [0.2, 0.25) is 0 Å². The van der Waals surface area contributed by atoms with Crippen LogP contribution in [0.2, 0.25) is 0 Å². The number of carboxylic acid groups (broad SMARTS) is 3. The highest BCUT2D eigenvalue weighted by Crippen LogP contribution is 2.66.